The number of hydrogen-bond donors (Lipinski definition) is 2. The second-order valence-electron chi connectivity index (χ2n) is 10.9. The van der Waals surface area contributed by atoms with E-state index in [2.05, 4.69) is 20.6 Å². The van der Waals surface area contributed by atoms with Crippen molar-refractivity contribution in [1.82, 2.24) is 29.9 Å². The maximum atomic E-state index is 12.6. The molecule has 0 fully saturated rings. The number of carbonyl (C=O) groups is 2. The lowest BCUT2D eigenvalue weighted by molar-refractivity contribution is -0.116. The van der Waals surface area contributed by atoms with Crippen molar-refractivity contribution in [2.24, 2.45) is 0 Å². The Labute approximate surface area is 298 Å². The Kier molecular flexibility index (Phi) is 10.7. The molecule has 11 nitrogen and oxygen atoms in total. The molecule has 0 saturated heterocycles. The van der Waals surface area contributed by atoms with Crippen LogP contribution in [-0.4, -0.2) is 45.2 Å². The molecule has 3 aromatic carbocycles. The molecule has 50 heavy (non-hydrogen) atoms. The summed E-state index contributed by atoms with van der Waals surface area (Å²) in [6.07, 6.45) is 6.68. The summed E-state index contributed by atoms with van der Waals surface area (Å²) in [5.74, 6) is 0.0329. The molecule has 6 rings (SSSR count). The van der Waals surface area contributed by atoms with Crippen molar-refractivity contribution in [3.05, 3.63) is 142 Å². The zero-order valence-electron chi connectivity index (χ0n) is 27.1. The highest BCUT2D eigenvalue weighted by Crippen LogP contribution is 2.34. The van der Waals surface area contributed by atoms with Crippen LogP contribution in [0.2, 0.25) is 10.0 Å². The van der Waals surface area contributed by atoms with Gasteiger partial charge < -0.3 is 29.5 Å². The summed E-state index contributed by atoms with van der Waals surface area (Å²) in [5.41, 5.74) is 5.31. The molecule has 13 heteroatoms. The lowest BCUT2D eigenvalue weighted by Crippen LogP contribution is -2.21. The molecule has 0 aliphatic heterocycles. The average Bonchev–Trinajstić information content (AvgIpc) is 3.77. The molecule has 0 unspecified atom stereocenters. The molecule has 0 aliphatic carbocycles. The minimum absolute atomic E-state index is 0.0524. The van der Waals surface area contributed by atoms with Gasteiger partial charge >= 0.3 is 6.01 Å². The van der Waals surface area contributed by atoms with Crippen molar-refractivity contribution in [2.45, 2.75) is 19.8 Å². The van der Waals surface area contributed by atoms with E-state index in [0.29, 0.717) is 43.6 Å². The van der Waals surface area contributed by atoms with Crippen LogP contribution in [0.15, 0.2) is 103 Å². The second-order valence-corrected chi connectivity index (χ2v) is 11.7. The van der Waals surface area contributed by atoms with Gasteiger partial charge in [-0.3, -0.25) is 14.6 Å². The van der Waals surface area contributed by atoms with E-state index in [1.807, 2.05) is 59.3 Å². The molecular formula is C37H32Cl2N6O5. The van der Waals surface area contributed by atoms with Gasteiger partial charge in [0.15, 0.2) is 6.61 Å². The van der Waals surface area contributed by atoms with Gasteiger partial charge in [0, 0.05) is 47.4 Å². The lowest BCUT2D eigenvalue weighted by atomic mass is 10.1. The molecule has 254 valence electrons. The minimum atomic E-state index is -0.278. The number of hydrogen-bond acceptors (Lipinski definition) is 7. The highest BCUT2D eigenvalue weighted by Gasteiger charge is 2.19. The normalized spacial score (nSPS) is 11.1. The van der Waals surface area contributed by atoms with Crippen LogP contribution in [0.3, 0.4) is 0 Å². The van der Waals surface area contributed by atoms with Crippen LogP contribution in [0, 0.1) is 0 Å². The number of carbonyl (C=O) groups excluding carboxylic acids is 2. The summed E-state index contributed by atoms with van der Waals surface area (Å²) in [6, 6.07) is 25.6. The first-order valence-corrected chi connectivity index (χ1v) is 16.2. The van der Waals surface area contributed by atoms with Crippen LogP contribution in [0.1, 0.15) is 32.9 Å². The molecule has 3 aromatic heterocycles. The standard InChI is InChI=1S/C37H32Cl2N6O5/c1-40-36(47)25-14-11-24(12-15-25)13-18-33(46)42-21-27-8-6-20-44(27)30-17-16-29(38)28(34(30)39)23-49-32-10-5-9-31-35(32)43-37(48-2)45(31)50-22-26-7-3-4-19-41-26/h3-20H,21-23H2,1-2H3,(H,40,47)(H,42,46). The predicted molar refractivity (Wildman–Crippen MR) is 192 cm³/mol. The molecule has 0 atom stereocenters. The second kappa shape index (κ2) is 15.6. The fourth-order valence-electron chi connectivity index (χ4n) is 5.16. The molecule has 2 N–H and O–H groups in total. The predicted octanol–water partition coefficient (Wildman–Crippen LogP) is 6.43. The van der Waals surface area contributed by atoms with Crippen molar-refractivity contribution >= 4 is 52.1 Å². The number of ether oxygens (including phenoxy) is 2. The Balaban J connectivity index is 1.15. The number of fused-ring (bicyclic) bond motifs is 1. The number of amides is 2. The van der Waals surface area contributed by atoms with Crippen molar-refractivity contribution < 1.29 is 23.9 Å². The molecule has 0 bridgehead atoms. The number of aromatic nitrogens is 4. The summed E-state index contributed by atoms with van der Waals surface area (Å²) in [7, 11) is 3.09. The molecule has 0 radical (unpaired) electrons. The molecule has 2 amide bonds. The summed E-state index contributed by atoms with van der Waals surface area (Å²) >= 11 is 13.6. The van der Waals surface area contributed by atoms with E-state index < -0.39 is 0 Å². The van der Waals surface area contributed by atoms with E-state index in [9.17, 15) is 9.59 Å². The van der Waals surface area contributed by atoms with Crippen molar-refractivity contribution in [3.8, 4) is 17.4 Å². The number of rotatable bonds is 13. The van der Waals surface area contributed by atoms with Gasteiger partial charge in [-0.25, -0.2) is 0 Å². The number of pyridine rings is 1. The molecule has 0 aliphatic rings. The number of nitrogens with zero attached hydrogens (tertiary/aromatic N) is 4. The van der Waals surface area contributed by atoms with Gasteiger partial charge in [0.2, 0.25) is 5.91 Å². The summed E-state index contributed by atoms with van der Waals surface area (Å²) in [5, 5.41) is 6.32. The Morgan fingerprint density at radius 2 is 1.78 bits per heavy atom. The third-order valence-electron chi connectivity index (χ3n) is 7.73. The molecule has 3 heterocycles. The quantitative estimate of drug-likeness (QED) is 0.132. The van der Waals surface area contributed by atoms with Crippen LogP contribution in [0.4, 0.5) is 0 Å². The first-order valence-electron chi connectivity index (χ1n) is 15.5. The number of methoxy groups -OCH3 is 1. The van der Waals surface area contributed by atoms with Crippen molar-refractivity contribution in [2.75, 3.05) is 14.2 Å². The van der Waals surface area contributed by atoms with Crippen LogP contribution in [0.5, 0.6) is 11.8 Å². The smallest absolute Gasteiger partial charge is 0.331 e. The largest absolute Gasteiger partial charge is 0.486 e. The van der Waals surface area contributed by atoms with Gasteiger partial charge in [-0.1, -0.05) is 47.5 Å². The monoisotopic (exact) mass is 710 g/mol. The first kappa shape index (κ1) is 34.1. The summed E-state index contributed by atoms with van der Waals surface area (Å²) in [4.78, 5) is 39.3. The Morgan fingerprint density at radius 1 is 0.940 bits per heavy atom. The van der Waals surface area contributed by atoms with E-state index in [1.54, 1.807) is 55.7 Å². The number of halogens is 2. The van der Waals surface area contributed by atoms with Crippen LogP contribution in [-0.2, 0) is 24.6 Å². The summed E-state index contributed by atoms with van der Waals surface area (Å²) in [6.45, 7) is 0.506. The van der Waals surface area contributed by atoms with E-state index in [4.69, 9.17) is 37.5 Å². The Hall–Kier alpha value is -5.78. The highest BCUT2D eigenvalue weighted by atomic mass is 35.5. The van der Waals surface area contributed by atoms with Gasteiger partial charge in [0.1, 0.15) is 23.4 Å². The number of nitrogens with one attached hydrogen (secondary N) is 2. The molecule has 6 aromatic rings. The van der Waals surface area contributed by atoms with Gasteiger partial charge in [-0.15, -0.1) is 4.73 Å². The van der Waals surface area contributed by atoms with Gasteiger partial charge in [0.25, 0.3) is 5.91 Å². The van der Waals surface area contributed by atoms with Crippen molar-refractivity contribution in [1.29, 1.82) is 0 Å². The number of imidazole rings is 1. The van der Waals surface area contributed by atoms with Gasteiger partial charge in [-0.2, -0.15) is 4.98 Å². The summed E-state index contributed by atoms with van der Waals surface area (Å²) < 4.78 is 15.1. The van der Waals surface area contributed by atoms with E-state index >= 15 is 0 Å². The van der Waals surface area contributed by atoms with Crippen molar-refractivity contribution in [3.63, 3.8) is 0 Å². The molecular weight excluding hydrogens is 679 g/mol. The Morgan fingerprint density at radius 3 is 2.54 bits per heavy atom. The lowest BCUT2D eigenvalue weighted by Gasteiger charge is -2.16. The third kappa shape index (κ3) is 7.59. The van der Waals surface area contributed by atoms with E-state index in [1.165, 1.54) is 17.9 Å². The van der Waals surface area contributed by atoms with E-state index in [-0.39, 0.29) is 37.6 Å². The average molecular weight is 712 g/mol. The maximum Gasteiger partial charge on any atom is 0.331 e. The molecule has 0 saturated carbocycles. The molecule has 0 spiro atoms. The van der Waals surface area contributed by atoms with Gasteiger partial charge in [-0.05, 0) is 72.3 Å². The first-order chi connectivity index (χ1) is 24.4. The Bertz CT molecular complexity index is 2160. The zero-order valence-corrected chi connectivity index (χ0v) is 28.6. The van der Waals surface area contributed by atoms with Gasteiger partial charge in [0.05, 0.1) is 30.1 Å². The minimum Gasteiger partial charge on any atom is -0.486 e. The third-order valence-corrected chi connectivity index (χ3v) is 8.51. The van der Waals surface area contributed by atoms with E-state index in [0.717, 1.165) is 17.0 Å². The SMILES string of the molecule is CNC(=O)c1ccc(C=CC(=O)NCc2cccn2-c2ccc(Cl)c(COc3cccc4c3nc(OC)n4OCc3ccccn3)c2Cl)cc1. The number of benzene rings is 3. The fourth-order valence-corrected chi connectivity index (χ4v) is 5.73. The van der Waals surface area contributed by atoms with Crippen LogP contribution >= 0.6 is 23.2 Å². The van der Waals surface area contributed by atoms with Crippen LogP contribution < -0.4 is 24.9 Å². The fraction of sp³-hybridized carbons (Fsp3) is 0.135. The topological polar surface area (TPSA) is 122 Å². The number of para-hydroxylation sites is 1. The highest BCUT2D eigenvalue weighted by molar-refractivity contribution is 6.37. The maximum absolute atomic E-state index is 12.6. The zero-order chi connectivity index (χ0) is 35.0. The van der Waals surface area contributed by atoms with Crippen LogP contribution in [0.25, 0.3) is 22.8 Å².